The Balaban J connectivity index is 1.44. The maximum absolute atomic E-state index is 12.7. The highest BCUT2D eigenvalue weighted by Crippen LogP contribution is 2.42. The summed E-state index contributed by atoms with van der Waals surface area (Å²) in [6.07, 6.45) is 1.80. The standard InChI is InChI=1S/C23H28N2O/c1-18(2)20-8-10-21(11-9-20)25-17-23(14-22(25)26)12-13-24(16-23)15-19-6-4-3-5-7-19/h3-11,18H,12-17H2,1-2H3. The fourth-order valence-electron chi connectivity index (χ4n) is 4.45. The van der Waals surface area contributed by atoms with Crippen molar-refractivity contribution in [2.24, 2.45) is 5.41 Å². The summed E-state index contributed by atoms with van der Waals surface area (Å²) >= 11 is 0. The molecule has 3 heteroatoms. The lowest BCUT2D eigenvalue weighted by Gasteiger charge is -2.24. The fraction of sp³-hybridized carbons (Fsp3) is 0.435. The highest BCUT2D eigenvalue weighted by atomic mass is 16.2. The molecule has 2 aliphatic heterocycles. The first-order chi connectivity index (χ1) is 12.5. The summed E-state index contributed by atoms with van der Waals surface area (Å²) in [5.41, 5.74) is 3.86. The van der Waals surface area contributed by atoms with Crippen LogP contribution in [-0.2, 0) is 11.3 Å². The van der Waals surface area contributed by atoms with Gasteiger partial charge in [-0.3, -0.25) is 9.69 Å². The molecule has 0 radical (unpaired) electrons. The van der Waals surface area contributed by atoms with Crippen LogP contribution in [-0.4, -0.2) is 30.4 Å². The van der Waals surface area contributed by atoms with E-state index in [0.29, 0.717) is 12.3 Å². The minimum absolute atomic E-state index is 0.128. The summed E-state index contributed by atoms with van der Waals surface area (Å²) in [6.45, 7) is 8.35. The van der Waals surface area contributed by atoms with Gasteiger partial charge >= 0.3 is 0 Å². The van der Waals surface area contributed by atoms with Crippen molar-refractivity contribution in [3.05, 3.63) is 65.7 Å². The molecule has 0 saturated carbocycles. The highest BCUT2D eigenvalue weighted by Gasteiger charge is 2.47. The second kappa shape index (κ2) is 6.88. The summed E-state index contributed by atoms with van der Waals surface area (Å²) in [6, 6.07) is 19.2. The number of carbonyl (C=O) groups excluding carboxylic acids is 1. The van der Waals surface area contributed by atoms with Crippen LogP contribution in [0.5, 0.6) is 0 Å². The Morgan fingerprint density at radius 3 is 2.42 bits per heavy atom. The fourth-order valence-corrected chi connectivity index (χ4v) is 4.45. The van der Waals surface area contributed by atoms with E-state index in [1.54, 1.807) is 0 Å². The van der Waals surface area contributed by atoms with Crippen molar-refractivity contribution >= 4 is 11.6 Å². The van der Waals surface area contributed by atoms with Gasteiger partial charge in [0.15, 0.2) is 0 Å². The second-order valence-corrected chi connectivity index (χ2v) is 8.35. The number of rotatable bonds is 4. The second-order valence-electron chi connectivity index (χ2n) is 8.35. The van der Waals surface area contributed by atoms with Gasteiger partial charge in [-0.25, -0.2) is 0 Å². The summed E-state index contributed by atoms with van der Waals surface area (Å²) in [5.74, 6) is 0.801. The zero-order valence-corrected chi connectivity index (χ0v) is 15.8. The van der Waals surface area contributed by atoms with Gasteiger partial charge in [0.1, 0.15) is 0 Å². The molecule has 3 nitrogen and oxygen atoms in total. The Bertz CT molecular complexity index is 769. The number of anilines is 1. The number of likely N-dealkylation sites (tertiary alicyclic amines) is 1. The van der Waals surface area contributed by atoms with Gasteiger partial charge in [-0.1, -0.05) is 56.3 Å². The first-order valence-electron chi connectivity index (χ1n) is 9.71. The number of hydrogen-bond acceptors (Lipinski definition) is 2. The summed E-state index contributed by atoms with van der Waals surface area (Å²) in [4.78, 5) is 17.2. The molecule has 1 spiro atoms. The third-order valence-electron chi connectivity index (χ3n) is 5.96. The quantitative estimate of drug-likeness (QED) is 0.815. The largest absolute Gasteiger partial charge is 0.312 e. The number of benzene rings is 2. The number of carbonyl (C=O) groups is 1. The van der Waals surface area contributed by atoms with E-state index in [1.807, 2.05) is 4.90 Å². The van der Waals surface area contributed by atoms with Gasteiger partial charge < -0.3 is 4.90 Å². The maximum atomic E-state index is 12.7. The van der Waals surface area contributed by atoms with Crippen molar-refractivity contribution in [1.82, 2.24) is 4.90 Å². The van der Waals surface area contributed by atoms with E-state index in [4.69, 9.17) is 0 Å². The average molecular weight is 348 g/mol. The van der Waals surface area contributed by atoms with Crippen LogP contribution >= 0.6 is 0 Å². The predicted octanol–water partition coefficient (Wildman–Crippen LogP) is 4.44. The van der Waals surface area contributed by atoms with Gasteiger partial charge in [0.2, 0.25) is 5.91 Å². The van der Waals surface area contributed by atoms with Crippen molar-refractivity contribution in [1.29, 1.82) is 0 Å². The molecule has 0 N–H and O–H groups in total. The smallest absolute Gasteiger partial charge is 0.227 e. The lowest BCUT2D eigenvalue weighted by molar-refractivity contribution is -0.117. The molecule has 136 valence electrons. The van der Waals surface area contributed by atoms with Crippen LogP contribution in [0.25, 0.3) is 0 Å². The number of hydrogen-bond donors (Lipinski definition) is 0. The van der Waals surface area contributed by atoms with Gasteiger partial charge in [-0.2, -0.15) is 0 Å². The number of nitrogens with zero attached hydrogens (tertiary/aromatic N) is 2. The molecule has 2 heterocycles. The first kappa shape index (κ1) is 17.3. The summed E-state index contributed by atoms with van der Waals surface area (Å²) in [7, 11) is 0. The SMILES string of the molecule is CC(C)c1ccc(N2CC3(CCN(Cc4ccccc4)C3)CC2=O)cc1. The first-order valence-corrected chi connectivity index (χ1v) is 9.71. The van der Waals surface area contributed by atoms with E-state index < -0.39 is 0 Å². The Labute approximate surface area is 156 Å². The molecule has 1 unspecified atom stereocenters. The molecule has 1 amide bonds. The molecule has 1 atom stereocenters. The average Bonchev–Trinajstić information content (AvgIpc) is 3.18. The molecule has 2 saturated heterocycles. The van der Waals surface area contributed by atoms with Crippen molar-refractivity contribution < 1.29 is 4.79 Å². The van der Waals surface area contributed by atoms with Crippen LogP contribution in [0.1, 0.15) is 43.7 Å². The third-order valence-corrected chi connectivity index (χ3v) is 5.96. The van der Waals surface area contributed by atoms with Gasteiger partial charge in [0, 0.05) is 37.2 Å². The van der Waals surface area contributed by atoms with E-state index in [1.165, 1.54) is 11.1 Å². The normalized spacial score (nSPS) is 23.5. The molecular weight excluding hydrogens is 320 g/mol. The molecular formula is C23H28N2O. The van der Waals surface area contributed by atoms with Gasteiger partial charge in [-0.15, -0.1) is 0 Å². The Kier molecular flexibility index (Phi) is 4.58. The Hall–Kier alpha value is -2.13. The lowest BCUT2D eigenvalue weighted by Crippen LogP contribution is -2.31. The molecule has 2 aromatic carbocycles. The van der Waals surface area contributed by atoms with Crippen LogP contribution in [0.2, 0.25) is 0 Å². The molecule has 2 aromatic rings. The molecule has 2 fully saturated rings. The summed E-state index contributed by atoms with van der Waals surface area (Å²) < 4.78 is 0. The minimum atomic E-state index is 0.128. The van der Waals surface area contributed by atoms with Crippen molar-refractivity contribution in [2.45, 2.75) is 39.2 Å². The van der Waals surface area contributed by atoms with Crippen LogP contribution in [0.3, 0.4) is 0 Å². The van der Waals surface area contributed by atoms with E-state index in [0.717, 1.165) is 38.3 Å². The third kappa shape index (κ3) is 3.41. The number of amides is 1. The van der Waals surface area contributed by atoms with E-state index in [9.17, 15) is 4.79 Å². The minimum Gasteiger partial charge on any atom is -0.312 e. The van der Waals surface area contributed by atoms with Crippen molar-refractivity contribution in [3.8, 4) is 0 Å². The Morgan fingerprint density at radius 2 is 1.73 bits per heavy atom. The topological polar surface area (TPSA) is 23.6 Å². The zero-order chi connectivity index (χ0) is 18.1. The molecule has 0 aliphatic carbocycles. The van der Waals surface area contributed by atoms with E-state index in [-0.39, 0.29) is 11.3 Å². The van der Waals surface area contributed by atoms with Gasteiger partial charge in [0.25, 0.3) is 0 Å². The molecule has 0 bridgehead atoms. The van der Waals surface area contributed by atoms with Gasteiger partial charge in [-0.05, 0) is 42.1 Å². The van der Waals surface area contributed by atoms with Crippen LogP contribution in [0.4, 0.5) is 5.69 Å². The molecule has 26 heavy (non-hydrogen) atoms. The molecule has 4 rings (SSSR count). The van der Waals surface area contributed by atoms with Crippen molar-refractivity contribution in [3.63, 3.8) is 0 Å². The maximum Gasteiger partial charge on any atom is 0.227 e. The molecule has 2 aliphatic rings. The highest BCUT2D eigenvalue weighted by molar-refractivity contribution is 5.96. The van der Waals surface area contributed by atoms with Gasteiger partial charge in [0.05, 0.1) is 0 Å². The van der Waals surface area contributed by atoms with E-state index >= 15 is 0 Å². The van der Waals surface area contributed by atoms with E-state index in [2.05, 4.69) is 73.3 Å². The van der Waals surface area contributed by atoms with Crippen LogP contribution in [0, 0.1) is 5.41 Å². The van der Waals surface area contributed by atoms with Crippen LogP contribution in [0.15, 0.2) is 54.6 Å². The Morgan fingerprint density at radius 1 is 1.00 bits per heavy atom. The lowest BCUT2D eigenvalue weighted by atomic mass is 9.86. The van der Waals surface area contributed by atoms with Crippen LogP contribution < -0.4 is 4.90 Å². The molecule has 0 aromatic heterocycles. The summed E-state index contributed by atoms with van der Waals surface area (Å²) in [5, 5.41) is 0. The van der Waals surface area contributed by atoms with Crippen molar-refractivity contribution in [2.75, 3.05) is 24.5 Å². The predicted molar refractivity (Wildman–Crippen MR) is 106 cm³/mol. The zero-order valence-electron chi connectivity index (χ0n) is 15.8. The monoisotopic (exact) mass is 348 g/mol.